The van der Waals surface area contributed by atoms with Crippen LogP contribution in [0.2, 0.25) is 0 Å². The van der Waals surface area contributed by atoms with Gasteiger partial charge >= 0.3 is 5.97 Å². The van der Waals surface area contributed by atoms with Crippen LogP contribution in [0.5, 0.6) is 0 Å². The van der Waals surface area contributed by atoms with Crippen molar-refractivity contribution in [1.29, 1.82) is 0 Å². The third kappa shape index (κ3) is 5.64. The Morgan fingerprint density at radius 3 is 2.32 bits per heavy atom. The van der Waals surface area contributed by atoms with Gasteiger partial charge in [0.25, 0.3) is 5.91 Å². The molecule has 0 spiro atoms. The second-order valence-corrected chi connectivity index (χ2v) is 7.14. The van der Waals surface area contributed by atoms with Crippen LogP contribution in [-0.2, 0) is 14.3 Å². The van der Waals surface area contributed by atoms with Crippen LogP contribution >= 0.6 is 11.8 Å². The van der Waals surface area contributed by atoms with E-state index in [1.807, 2.05) is 60.7 Å². The molecule has 0 bridgehead atoms. The zero-order valence-corrected chi connectivity index (χ0v) is 14.7. The third-order valence-electron chi connectivity index (χ3n) is 3.83. The Labute approximate surface area is 152 Å². The predicted molar refractivity (Wildman–Crippen MR) is 98.2 cm³/mol. The van der Waals surface area contributed by atoms with Gasteiger partial charge < -0.3 is 10.1 Å². The third-order valence-corrected chi connectivity index (χ3v) is 4.85. The lowest BCUT2D eigenvalue weighted by Crippen LogP contribution is -2.33. The monoisotopic (exact) mass is 355 g/mol. The molecule has 25 heavy (non-hydrogen) atoms. The average molecular weight is 355 g/mol. The lowest BCUT2D eigenvalue weighted by Gasteiger charge is -2.18. The van der Waals surface area contributed by atoms with Crippen LogP contribution in [0.15, 0.2) is 65.6 Å². The summed E-state index contributed by atoms with van der Waals surface area (Å²) >= 11 is 1.60. The topological polar surface area (TPSA) is 55.4 Å². The molecule has 0 unspecified atom stereocenters. The lowest BCUT2D eigenvalue weighted by molar-refractivity contribution is -0.156. The van der Waals surface area contributed by atoms with Gasteiger partial charge in [0.05, 0.1) is 6.42 Å². The first-order valence-corrected chi connectivity index (χ1v) is 9.43. The number of nitrogens with one attached hydrogen (secondary N) is 1. The highest BCUT2D eigenvalue weighted by Gasteiger charge is 2.30. The second-order valence-electron chi connectivity index (χ2n) is 5.97. The Hall–Kier alpha value is -2.27. The van der Waals surface area contributed by atoms with Crippen LogP contribution in [0.1, 0.15) is 30.9 Å². The van der Waals surface area contributed by atoms with Crippen LogP contribution in [0.4, 0.5) is 0 Å². The summed E-state index contributed by atoms with van der Waals surface area (Å²) in [5.41, 5.74) is 0.699. The highest BCUT2D eigenvalue weighted by molar-refractivity contribution is 7.99. The van der Waals surface area contributed by atoms with Crippen LogP contribution in [0, 0.1) is 0 Å². The van der Waals surface area contributed by atoms with E-state index in [-0.39, 0.29) is 24.3 Å². The molecule has 0 aliphatic heterocycles. The van der Waals surface area contributed by atoms with E-state index in [1.165, 1.54) is 0 Å². The van der Waals surface area contributed by atoms with E-state index in [0.717, 1.165) is 17.7 Å². The first-order valence-electron chi connectivity index (χ1n) is 8.45. The van der Waals surface area contributed by atoms with Crippen molar-refractivity contribution in [2.24, 2.45) is 0 Å². The van der Waals surface area contributed by atoms with Crippen LogP contribution in [0.3, 0.4) is 0 Å². The Morgan fingerprint density at radius 2 is 1.68 bits per heavy atom. The number of rotatable bonds is 8. The normalized spacial score (nSPS) is 14.6. The molecule has 1 atom stereocenters. The fourth-order valence-electron chi connectivity index (χ4n) is 2.36. The number of ether oxygens (including phenoxy) is 1. The highest BCUT2D eigenvalue weighted by Crippen LogP contribution is 2.24. The van der Waals surface area contributed by atoms with E-state index in [1.54, 1.807) is 11.8 Å². The van der Waals surface area contributed by atoms with Gasteiger partial charge in [0.2, 0.25) is 6.10 Å². The number of thioether (sulfide) groups is 1. The van der Waals surface area contributed by atoms with Gasteiger partial charge in [-0.15, -0.1) is 11.8 Å². The molecule has 130 valence electrons. The molecule has 2 aromatic rings. The molecule has 5 heteroatoms. The van der Waals surface area contributed by atoms with Crippen molar-refractivity contribution in [1.82, 2.24) is 5.32 Å². The fraction of sp³-hybridized carbons (Fsp3) is 0.300. The first-order chi connectivity index (χ1) is 12.2. The zero-order chi connectivity index (χ0) is 17.5. The number of hydrogen-bond acceptors (Lipinski definition) is 4. The maximum atomic E-state index is 12.4. The molecule has 1 amide bonds. The van der Waals surface area contributed by atoms with Crippen molar-refractivity contribution in [3.63, 3.8) is 0 Å². The minimum atomic E-state index is -0.879. The summed E-state index contributed by atoms with van der Waals surface area (Å²) in [5, 5.41) is 2.92. The maximum absolute atomic E-state index is 12.4. The Bertz CT molecular complexity index is 701. The van der Waals surface area contributed by atoms with Crippen LogP contribution in [-0.4, -0.2) is 23.7 Å². The summed E-state index contributed by atoms with van der Waals surface area (Å²) in [6.07, 6.45) is 1.37. The molecule has 1 aliphatic carbocycles. The average Bonchev–Trinajstić information content (AvgIpc) is 3.45. The van der Waals surface area contributed by atoms with Crippen molar-refractivity contribution in [3.8, 4) is 0 Å². The van der Waals surface area contributed by atoms with E-state index in [4.69, 9.17) is 4.74 Å². The van der Waals surface area contributed by atoms with Crippen molar-refractivity contribution >= 4 is 23.6 Å². The first kappa shape index (κ1) is 17.5. The van der Waals surface area contributed by atoms with Gasteiger partial charge in [-0.1, -0.05) is 48.5 Å². The smallest absolute Gasteiger partial charge is 0.307 e. The molecule has 1 saturated carbocycles. The van der Waals surface area contributed by atoms with Crippen LogP contribution in [0.25, 0.3) is 0 Å². The molecule has 1 aliphatic rings. The maximum Gasteiger partial charge on any atom is 0.307 e. The number of carbonyl (C=O) groups is 2. The van der Waals surface area contributed by atoms with E-state index >= 15 is 0 Å². The fourth-order valence-corrected chi connectivity index (χ4v) is 3.22. The molecule has 4 nitrogen and oxygen atoms in total. The number of hydrogen-bond donors (Lipinski definition) is 1. The molecule has 0 aromatic heterocycles. The van der Waals surface area contributed by atoms with E-state index in [2.05, 4.69) is 5.32 Å². The SMILES string of the molecule is O=C(CCSc1ccccc1)O[C@H](C(=O)NC1CC1)c1ccccc1. The summed E-state index contributed by atoms with van der Waals surface area (Å²) in [6, 6.07) is 19.3. The Balaban J connectivity index is 1.55. The molecule has 0 heterocycles. The van der Waals surface area contributed by atoms with Gasteiger partial charge in [0.15, 0.2) is 0 Å². The van der Waals surface area contributed by atoms with Gasteiger partial charge in [-0.2, -0.15) is 0 Å². The quantitative estimate of drug-likeness (QED) is 0.579. The zero-order valence-electron chi connectivity index (χ0n) is 13.9. The van der Waals surface area contributed by atoms with Crippen LogP contribution < -0.4 is 5.32 Å². The molecule has 1 fully saturated rings. The Morgan fingerprint density at radius 1 is 1.04 bits per heavy atom. The molecule has 0 saturated heterocycles. The van der Waals surface area contributed by atoms with E-state index < -0.39 is 6.10 Å². The van der Waals surface area contributed by atoms with Crippen molar-refractivity contribution in [3.05, 3.63) is 66.2 Å². The minimum Gasteiger partial charge on any atom is -0.447 e. The van der Waals surface area contributed by atoms with E-state index in [0.29, 0.717) is 11.3 Å². The minimum absolute atomic E-state index is 0.228. The predicted octanol–water partition coefficient (Wildman–Crippen LogP) is 3.73. The van der Waals surface area contributed by atoms with Crippen molar-refractivity contribution in [2.45, 2.75) is 36.3 Å². The standard InChI is InChI=1S/C20H21NO3S/c22-18(13-14-25-17-9-5-2-6-10-17)24-19(15-7-3-1-4-8-15)20(23)21-16-11-12-16/h1-10,16,19H,11-14H2,(H,21,23)/t19-/m0/s1. The van der Waals surface area contributed by atoms with Gasteiger partial charge in [-0.25, -0.2) is 0 Å². The van der Waals surface area contributed by atoms with Gasteiger partial charge in [-0.05, 0) is 25.0 Å². The molecular formula is C20H21NO3S. The number of esters is 1. The summed E-state index contributed by atoms with van der Waals surface area (Å²) in [6.45, 7) is 0. The van der Waals surface area contributed by atoms with Crippen molar-refractivity contribution in [2.75, 3.05) is 5.75 Å². The summed E-state index contributed by atoms with van der Waals surface area (Å²) in [5.74, 6) is 0.0233. The lowest BCUT2D eigenvalue weighted by atomic mass is 10.1. The number of benzene rings is 2. The number of carbonyl (C=O) groups excluding carboxylic acids is 2. The molecule has 3 rings (SSSR count). The molecule has 2 aromatic carbocycles. The number of amides is 1. The highest BCUT2D eigenvalue weighted by atomic mass is 32.2. The summed E-state index contributed by atoms with van der Waals surface area (Å²) in [7, 11) is 0. The summed E-state index contributed by atoms with van der Waals surface area (Å²) in [4.78, 5) is 25.8. The molecule has 1 N–H and O–H groups in total. The second kappa shape index (κ2) is 8.72. The largest absolute Gasteiger partial charge is 0.447 e. The van der Waals surface area contributed by atoms with Crippen molar-refractivity contribution < 1.29 is 14.3 Å². The van der Waals surface area contributed by atoms with Gasteiger partial charge in [-0.3, -0.25) is 9.59 Å². The Kier molecular flexibility index (Phi) is 6.12. The molecular weight excluding hydrogens is 334 g/mol. The molecule has 0 radical (unpaired) electrons. The van der Waals surface area contributed by atoms with E-state index in [9.17, 15) is 9.59 Å². The van der Waals surface area contributed by atoms with Gasteiger partial charge in [0.1, 0.15) is 0 Å². The van der Waals surface area contributed by atoms with Gasteiger partial charge in [0, 0.05) is 22.3 Å². The summed E-state index contributed by atoms with van der Waals surface area (Å²) < 4.78 is 5.50.